The second kappa shape index (κ2) is 5.42. The number of hydrogen-bond acceptors (Lipinski definition) is 3. The molecule has 0 atom stereocenters. The normalized spacial score (nSPS) is 11.5. The van der Waals surface area contributed by atoms with Crippen molar-refractivity contribution >= 4 is 10.0 Å². The van der Waals surface area contributed by atoms with Crippen molar-refractivity contribution in [1.29, 1.82) is 0 Å². The standard InChI is InChI=1S/C10H13F2NO3S/c1-2-3-6-16-7-4-5-8(17(13,14)15)10(12)9(7)11/h4-5H,2-3,6H2,1H3,(H2,13,14,15). The molecule has 17 heavy (non-hydrogen) atoms. The van der Waals surface area contributed by atoms with E-state index in [1.807, 2.05) is 6.92 Å². The Kier molecular flexibility index (Phi) is 4.41. The monoisotopic (exact) mass is 265 g/mol. The molecule has 4 nitrogen and oxygen atoms in total. The summed E-state index contributed by atoms with van der Waals surface area (Å²) in [6.45, 7) is 2.16. The van der Waals surface area contributed by atoms with E-state index < -0.39 is 26.6 Å². The number of sulfonamides is 1. The van der Waals surface area contributed by atoms with Gasteiger partial charge in [-0.1, -0.05) is 13.3 Å². The van der Waals surface area contributed by atoms with Gasteiger partial charge in [-0.15, -0.1) is 0 Å². The molecule has 0 spiro atoms. The van der Waals surface area contributed by atoms with Crippen LogP contribution in [0.2, 0.25) is 0 Å². The molecular weight excluding hydrogens is 252 g/mol. The third-order valence-corrected chi connectivity index (χ3v) is 3.00. The maximum atomic E-state index is 13.4. The van der Waals surface area contributed by atoms with E-state index in [1.165, 1.54) is 0 Å². The minimum absolute atomic E-state index is 0.238. The number of nitrogens with two attached hydrogens (primary N) is 1. The molecule has 96 valence electrons. The first-order valence-corrected chi connectivity index (χ1v) is 6.56. The SMILES string of the molecule is CCCCOc1ccc(S(N)(=O)=O)c(F)c1F. The summed E-state index contributed by atoms with van der Waals surface area (Å²) >= 11 is 0. The number of ether oxygens (including phenoxy) is 1. The van der Waals surface area contributed by atoms with Crippen molar-refractivity contribution in [2.45, 2.75) is 24.7 Å². The third kappa shape index (κ3) is 3.37. The molecule has 0 saturated heterocycles. The lowest BCUT2D eigenvalue weighted by atomic mass is 10.3. The van der Waals surface area contributed by atoms with E-state index in [0.29, 0.717) is 6.42 Å². The van der Waals surface area contributed by atoms with E-state index in [9.17, 15) is 17.2 Å². The summed E-state index contributed by atoms with van der Waals surface area (Å²) in [6, 6.07) is 1.93. The quantitative estimate of drug-likeness (QED) is 0.825. The van der Waals surface area contributed by atoms with Crippen molar-refractivity contribution in [1.82, 2.24) is 0 Å². The van der Waals surface area contributed by atoms with Crippen LogP contribution in [0.5, 0.6) is 5.75 Å². The Morgan fingerprint density at radius 1 is 1.29 bits per heavy atom. The van der Waals surface area contributed by atoms with Crippen molar-refractivity contribution in [3.05, 3.63) is 23.8 Å². The van der Waals surface area contributed by atoms with Gasteiger partial charge in [0.15, 0.2) is 11.6 Å². The predicted molar refractivity (Wildman–Crippen MR) is 58.1 cm³/mol. The summed E-state index contributed by atoms with van der Waals surface area (Å²) in [5, 5.41) is 4.72. The highest BCUT2D eigenvalue weighted by Gasteiger charge is 2.21. The molecule has 1 aromatic carbocycles. The Hall–Kier alpha value is -1.21. The highest BCUT2D eigenvalue weighted by atomic mass is 32.2. The predicted octanol–water partition coefficient (Wildman–Crippen LogP) is 1.79. The number of halogens is 2. The molecule has 0 unspecified atom stereocenters. The van der Waals surface area contributed by atoms with E-state index in [1.54, 1.807) is 0 Å². The van der Waals surface area contributed by atoms with Gasteiger partial charge in [0, 0.05) is 0 Å². The van der Waals surface area contributed by atoms with Crippen molar-refractivity contribution in [3.63, 3.8) is 0 Å². The zero-order valence-corrected chi connectivity index (χ0v) is 10.1. The van der Waals surface area contributed by atoms with Crippen LogP contribution in [0, 0.1) is 11.6 Å². The fourth-order valence-electron chi connectivity index (χ4n) is 1.17. The van der Waals surface area contributed by atoms with Crippen LogP contribution in [0.3, 0.4) is 0 Å². The molecule has 0 heterocycles. The maximum Gasteiger partial charge on any atom is 0.241 e. The molecule has 1 aromatic rings. The Morgan fingerprint density at radius 3 is 2.47 bits per heavy atom. The number of benzene rings is 1. The van der Waals surface area contributed by atoms with Gasteiger partial charge in [-0.25, -0.2) is 17.9 Å². The summed E-state index contributed by atoms with van der Waals surface area (Å²) in [6.07, 6.45) is 1.54. The first-order chi connectivity index (χ1) is 7.88. The first kappa shape index (κ1) is 13.9. The van der Waals surface area contributed by atoms with Crippen LogP contribution in [-0.4, -0.2) is 15.0 Å². The van der Waals surface area contributed by atoms with Gasteiger partial charge >= 0.3 is 0 Å². The van der Waals surface area contributed by atoms with E-state index in [2.05, 4.69) is 0 Å². The molecule has 0 radical (unpaired) electrons. The average Bonchev–Trinajstić information content (AvgIpc) is 2.23. The largest absolute Gasteiger partial charge is 0.490 e. The molecule has 7 heteroatoms. The summed E-state index contributed by atoms with van der Waals surface area (Å²) < 4.78 is 53.5. The minimum Gasteiger partial charge on any atom is -0.490 e. The summed E-state index contributed by atoms with van der Waals surface area (Å²) in [5.41, 5.74) is 0. The molecule has 0 aromatic heterocycles. The van der Waals surface area contributed by atoms with Gasteiger partial charge < -0.3 is 4.74 Å². The fraction of sp³-hybridized carbons (Fsp3) is 0.400. The molecule has 0 bridgehead atoms. The molecule has 0 fully saturated rings. The molecule has 0 aliphatic heterocycles. The Bertz CT molecular complexity index is 503. The Morgan fingerprint density at radius 2 is 1.94 bits per heavy atom. The fourth-order valence-corrected chi connectivity index (χ4v) is 1.77. The second-order valence-electron chi connectivity index (χ2n) is 3.44. The lowest BCUT2D eigenvalue weighted by Gasteiger charge is -2.08. The number of rotatable bonds is 5. The van der Waals surface area contributed by atoms with Gasteiger partial charge in [-0.05, 0) is 18.6 Å². The molecule has 0 aliphatic rings. The van der Waals surface area contributed by atoms with E-state index in [4.69, 9.17) is 9.88 Å². The zero-order chi connectivity index (χ0) is 13.1. The van der Waals surface area contributed by atoms with E-state index in [-0.39, 0.29) is 12.4 Å². The van der Waals surface area contributed by atoms with Gasteiger partial charge in [-0.3, -0.25) is 0 Å². The molecular formula is C10H13F2NO3S. The van der Waals surface area contributed by atoms with Crippen LogP contribution in [0.25, 0.3) is 0 Å². The highest BCUT2D eigenvalue weighted by Crippen LogP contribution is 2.24. The summed E-state index contributed by atoms with van der Waals surface area (Å²) in [4.78, 5) is -0.877. The maximum absolute atomic E-state index is 13.4. The molecule has 1 rings (SSSR count). The minimum atomic E-state index is -4.27. The van der Waals surface area contributed by atoms with Crippen LogP contribution in [0.1, 0.15) is 19.8 Å². The average molecular weight is 265 g/mol. The van der Waals surface area contributed by atoms with Crippen molar-refractivity contribution in [2.75, 3.05) is 6.61 Å². The summed E-state index contributed by atoms with van der Waals surface area (Å²) in [7, 11) is -4.27. The second-order valence-corrected chi connectivity index (χ2v) is 4.97. The number of hydrogen-bond donors (Lipinski definition) is 1. The van der Waals surface area contributed by atoms with Crippen LogP contribution in [0.4, 0.5) is 8.78 Å². The van der Waals surface area contributed by atoms with Gasteiger partial charge in [0.2, 0.25) is 15.8 Å². The first-order valence-electron chi connectivity index (χ1n) is 5.01. The van der Waals surface area contributed by atoms with Gasteiger partial charge in [0.1, 0.15) is 4.90 Å². The van der Waals surface area contributed by atoms with E-state index in [0.717, 1.165) is 18.6 Å². The van der Waals surface area contributed by atoms with Crippen LogP contribution < -0.4 is 9.88 Å². The van der Waals surface area contributed by atoms with Crippen molar-refractivity contribution < 1.29 is 21.9 Å². The van der Waals surface area contributed by atoms with Gasteiger partial charge in [0.25, 0.3) is 0 Å². The zero-order valence-electron chi connectivity index (χ0n) is 9.24. The van der Waals surface area contributed by atoms with Crippen molar-refractivity contribution in [3.8, 4) is 5.75 Å². The smallest absolute Gasteiger partial charge is 0.241 e. The lowest BCUT2D eigenvalue weighted by molar-refractivity contribution is 0.287. The molecule has 2 N–H and O–H groups in total. The summed E-state index contributed by atoms with van der Waals surface area (Å²) in [5.74, 6) is -3.17. The topological polar surface area (TPSA) is 69.4 Å². The van der Waals surface area contributed by atoms with E-state index >= 15 is 0 Å². The Labute approximate surface area is 98.4 Å². The Balaban J connectivity index is 3.03. The van der Waals surface area contributed by atoms with Crippen LogP contribution >= 0.6 is 0 Å². The molecule has 0 aliphatic carbocycles. The van der Waals surface area contributed by atoms with Gasteiger partial charge in [-0.2, -0.15) is 4.39 Å². The van der Waals surface area contributed by atoms with Gasteiger partial charge in [0.05, 0.1) is 6.61 Å². The van der Waals surface area contributed by atoms with Crippen LogP contribution in [0.15, 0.2) is 17.0 Å². The van der Waals surface area contributed by atoms with Crippen LogP contribution in [-0.2, 0) is 10.0 Å². The number of primary sulfonamides is 1. The molecule has 0 amide bonds. The van der Waals surface area contributed by atoms with Crippen molar-refractivity contribution in [2.24, 2.45) is 5.14 Å². The number of unbranched alkanes of at least 4 members (excludes halogenated alkanes) is 1. The lowest BCUT2D eigenvalue weighted by Crippen LogP contribution is -2.15. The highest BCUT2D eigenvalue weighted by molar-refractivity contribution is 7.89. The third-order valence-electron chi connectivity index (χ3n) is 2.07. The molecule has 0 saturated carbocycles.